The molecule has 11 heteroatoms. The second-order valence-electron chi connectivity index (χ2n) is 4.13. The molecule has 2 unspecified atom stereocenters. The first-order chi connectivity index (χ1) is 8.73. The number of ether oxygens (including phenoxy) is 1. The first-order valence-corrected chi connectivity index (χ1v) is 4.87. The van der Waals surface area contributed by atoms with Crippen LogP contribution < -0.4 is 0 Å². The van der Waals surface area contributed by atoms with Crippen LogP contribution in [0.3, 0.4) is 0 Å². The Kier molecular flexibility index (Phi) is 3.56. The number of alkyl halides is 8. The molecule has 0 aromatic rings. The Hall–Kier alpha value is -1.42. The van der Waals surface area contributed by atoms with Gasteiger partial charge in [-0.05, 0) is 0 Å². The third-order valence-electron chi connectivity index (χ3n) is 2.76. The Bertz CT molecular complexity index is 448. The van der Waals surface area contributed by atoms with E-state index in [1.165, 1.54) is 0 Å². The zero-order valence-electron chi connectivity index (χ0n) is 9.53. The zero-order chi connectivity index (χ0) is 16.1. The van der Waals surface area contributed by atoms with Crippen LogP contribution in [-0.4, -0.2) is 48.0 Å². The molecule has 0 aromatic carbocycles. The normalized spacial score (nSPS) is 33.8. The third-order valence-corrected chi connectivity index (χ3v) is 2.76. The molecule has 0 aliphatic heterocycles. The third kappa shape index (κ3) is 1.78. The second kappa shape index (κ2) is 4.29. The van der Waals surface area contributed by atoms with Gasteiger partial charge >= 0.3 is 23.7 Å². The molecule has 1 saturated carbocycles. The Balaban J connectivity index is 3.16. The van der Waals surface area contributed by atoms with E-state index >= 15 is 0 Å². The molecule has 0 saturated heterocycles. The van der Waals surface area contributed by atoms with E-state index in [9.17, 15) is 44.7 Å². The largest absolute Gasteiger partial charge is 0.456 e. The highest BCUT2D eigenvalue weighted by molar-refractivity contribution is 6.32. The van der Waals surface area contributed by atoms with E-state index in [2.05, 4.69) is 4.74 Å². The predicted octanol–water partition coefficient (Wildman–Crippen LogP) is 2.08. The van der Waals surface area contributed by atoms with Crippen LogP contribution in [0.15, 0.2) is 0 Å². The quantitative estimate of drug-likeness (QED) is 0.455. The van der Waals surface area contributed by atoms with Gasteiger partial charge in [0.15, 0.2) is 0 Å². The van der Waals surface area contributed by atoms with E-state index in [-0.39, 0.29) is 0 Å². The Morgan fingerprint density at radius 2 is 1.45 bits per heavy atom. The van der Waals surface area contributed by atoms with Gasteiger partial charge in [0.05, 0.1) is 0 Å². The maximum absolute atomic E-state index is 13.6. The minimum atomic E-state index is -6.32. The van der Waals surface area contributed by atoms with E-state index < -0.39 is 48.0 Å². The van der Waals surface area contributed by atoms with Gasteiger partial charge in [0.1, 0.15) is 6.61 Å². The van der Waals surface area contributed by atoms with Crippen molar-refractivity contribution in [1.82, 2.24) is 0 Å². The van der Waals surface area contributed by atoms with Gasteiger partial charge in [-0.3, -0.25) is 4.79 Å². The molecule has 0 N–H and O–H groups in total. The molecule has 0 amide bonds. The number of carbonyl (C=O) groups is 2. The summed E-state index contributed by atoms with van der Waals surface area (Å²) in [5.74, 6) is -21.9. The van der Waals surface area contributed by atoms with Crippen LogP contribution in [0.25, 0.3) is 0 Å². The van der Waals surface area contributed by atoms with Crippen LogP contribution in [0.2, 0.25) is 0 Å². The molecule has 1 fully saturated rings. The summed E-state index contributed by atoms with van der Waals surface area (Å²) in [4.78, 5) is 21.0. The summed E-state index contributed by atoms with van der Waals surface area (Å²) in [7, 11) is 0. The fraction of sp³-hybridized carbons (Fsp3) is 0.778. The van der Waals surface area contributed by atoms with Gasteiger partial charge in [-0.2, -0.15) is 26.3 Å². The van der Waals surface area contributed by atoms with Crippen LogP contribution in [-0.2, 0) is 14.3 Å². The first kappa shape index (κ1) is 16.6. The number of carbonyl (C=O) groups excluding carboxylic acids is 2. The monoisotopic (exact) mass is 314 g/mol. The van der Waals surface area contributed by atoms with E-state index in [1.54, 1.807) is 0 Å². The van der Waals surface area contributed by atoms with Crippen molar-refractivity contribution >= 4 is 11.8 Å². The van der Waals surface area contributed by atoms with Gasteiger partial charge in [0, 0.05) is 6.92 Å². The van der Waals surface area contributed by atoms with Gasteiger partial charge < -0.3 is 4.74 Å². The number of Topliss-reactive ketones (excluding diaryl/α,β-unsaturated/α-hetero) is 1. The molecule has 0 radical (unpaired) electrons. The summed E-state index contributed by atoms with van der Waals surface area (Å²) in [6.07, 6.45) is -4.63. The summed E-state index contributed by atoms with van der Waals surface area (Å²) in [5.41, 5.74) is -5.16. The van der Waals surface area contributed by atoms with Crippen molar-refractivity contribution in [3.05, 3.63) is 0 Å². The lowest BCUT2D eigenvalue weighted by atomic mass is 10.0. The number of rotatable bonds is 3. The van der Waals surface area contributed by atoms with Crippen molar-refractivity contribution in [3.8, 4) is 0 Å². The SMILES string of the molecule is CC(=O)C(=O)OCC1(F)C(F)C(F)(F)C(F)(F)C1(F)F. The van der Waals surface area contributed by atoms with Gasteiger partial charge in [0.25, 0.3) is 5.67 Å². The molecule has 20 heavy (non-hydrogen) atoms. The lowest BCUT2D eigenvalue weighted by molar-refractivity contribution is -0.291. The molecule has 3 nitrogen and oxygen atoms in total. The van der Waals surface area contributed by atoms with E-state index in [4.69, 9.17) is 0 Å². The molecule has 2 atom stereocenters. The number of ketones is 1. The average molecular weight is 314 g/mol. The zero-order valence-corrected chi connectivity index (χ0v) is 9.53. The van der Waals surface area contributed by atoms with E-state index in [0.29, 0.717) is 6.92 Å². The molecular weight excluding hydrogens is 308 g/mol. The van der Waals surface area contributed by atoms with Gasteiger partial charge in [-0.15, -0.1) is 0 Å². The summed E-state index contributed by atoms with van der Waals surface area (Å²) in [6.45, 7) is -1.90. The average Bonchev–Trinajstić information content (AvgIpc) is 2.38. The Morgan fingerprint density at radius 1 is 1.00 bits per heavy atom. The number of esters is 1. The molecule has 116 valence electrons. The summed E-state index contributed by atoms with van der Waals surface area (Å²) in [6, 6.07) is 0. The molecule has 0 bridgehead atoms. The summed E-state index contributed by atoms with van der Waals surface area (Å²) in [5, 5.41) is 0. The number of hydrogen-bond acceptors (Lipinski definition) is 3. The van der Waals surface area contributed by atoms with Crippen molar-refractivity contribution in [2.45, 2.75) is 36.5 Å². The first-order valence-electron chi connectivity index (χ1n) is 4.87. The number of hydrogen-bond donors (Lipinski definition) is 0. The van der Waals surface area contributed by atoms with Gasteiger partial charge in [0.2, 0.25) is 12.0 Å². The molecule has 1 rings (SSSR count). The van der Waals surface area contributed by atoms with Gasteiger partial charge in [-0.25, -0.2) is 13.6 Å². The highest BCUT2D eigenvalue weighted by Gasteiger charge is 2.93. The smallest absolute Gasteiger partial charge is 0.378 e. The van der Waals surface area contributed by atoms with Crippen molar-refractivity contribution in [3.63, 3.8) is 0 Å². The molecule has 1 aliphatic carbocycles. The van der Waals surface area contributed by atoms with Crippen LogP contribution in [0.5, 0.6) is 0 Å². The summed E-state index contributed by atoms with van der Waals surface area (Å²) >= 11 is 0. The second-order valence-corrected chi connectivity index (χ2v) is 4.13. The molecular formula is C9H6F8O3. The van der Waals surface area contributed by atoms with Crippen LogP contribution in [0.1, 0.15) is 6.92 Å². The minimum Gasteiger partial charge on any atom is -0.456 e. The van der Waals surface area contributed by atoms with Crippen molar-refractivity contribution in [2.75, 3.05) is 6.61 Å². The van der Waals surface area contributed by atoms with Crippen molar-refractivity contribution in [2.24, 2.45) is 0 Å². The fourth-order valence-electron chi connectivity index (χ4n) is 1.51. The molecule has 0 spiro atoms. The van der Waals surface area contributed by atoms with Crippen molar-refractivity contribution < 1.29 is 49.4 Å². The van der Waals surface area contributed by atoms with Crippen LogP contribution >= 0.6 is 0 Å². The maximum Gasteiger partial charge on any atom is 0.378 e. The molecule has 0 heterocycles. The maximum atomic E-state index is 13.6. The lowest BCUT2D eigenvalue weighted by Gasteiger charge is -2.28. The molecule has 1 aliphatic rings. The standard InChI is InChI=1S/C9H6F8O3/c1-3(18)4(19)20-2-6(11)5(10)7(12,13)9(16,17)8(6,14)15/h5H,2H2,1H3. The van der Waals surface area contributed by atoms with E-state index in [0.717, 1.165) is 0 Å². The highest BCUT2D eigenvalue weighted by atomic mass is 19.4. The van der Waals surface area contributed by atoms with Crippen LogP contribution in [0.4, 0.5) is 35.1 Å². The van der Waals surface area contributed by atoms with Crippen LogP contribution in [0, 0.1) is 0 Å². The van der Waals surface area contributed by atoms with Gasteiger partial charge in [-0.1, -0.05) is 0 Å². The predicted molar refractivity (Wildman–Crippen MR) is 45.2 cm³/mol. The number of halogens is 8. The lowest BCUT2D eigenvalue weighted by Crippen LogP contribution is -2.55. The summed E-state index contributed by atoms with van der Waals surface area (Å²) < 4.78 is 107. The van der Waals surface area contributed by atoms with E-state index in [1.807, 2.05) is 0 Å². The van der Waals surface area contributed by atoms with Crippen molar-refractivity contribution in [1.29, 1.82) is 0 Å². The fourth-order valence-corrected chi connectivity index (χ4v) is 1.51. The minimum absolute atomic E-state index is 0.552. The topological polar surface area (TPSA) is 43.4 Å². The Labute approximate surface area is 105 Å². The Morgan fingerprint density at radius 3 is 1.75 bits per heavy atom. The molecule has 0 aromatic heterocycles. The highest BCUT2D eigenvalue weighted by Crippen LogP contribution is 2.63.